The van der Waals surface area contributed by atoms with Gasteiger partial charge in [-0.3, -0.25) is 4.90 Å². The van der Waals surface area contributed by atoms with Crippen LogP contribution in [0.4, 0.5) is 0 Å². The maximum atomic E-state index is 5.47. The standard InChI is InChI=1S/C19H16N2O2S2/c1-3-15(22-8-1)16-11-13(20-23-16)12-21-7-5-17-14(6-10-25-17)19(21)18-4-2-9-24-18/h1-4,6,8-11,19H,5,7,12H2/t19-/m1/s1. The zero-order valence-corrected chi connectivity index (χ0v) is 15.1. The normalized spacial score (nSPS) is 17.7. The molecule has 1 aliphatic heterocycles. The molecule has 0 aliphatic carbocycles. The van der Waals surface area contributed by atoms with Crippen LogP contribution in [-0.2, 0) is 13.0 Å². The summed E-state index contributed by atoms with van der Waals surface area (Å²) in [6, 6.07) is 12.7. The molecule has 5 heterocycles. The molecule has 0 N–H and O–H groups in total. The van der Waals surface area contributed by atoms with Crippen molar-refractivity contribution in [3.05, 3.63) is 74.4 Å². The molecule has 4 aromatic heterocycles. The molecule has 0 unspecified atom stereocenters. The van der Waals surface area contributed by atoms with E-state index in [0.29, 0.717) is 17.6 Å². The first-order valence-electron chi connectivity index (χ1n) is 8.21. The summed E-state index contributed by atoms with van der Waals surface area (Å²) in [7, 11) is 0. The summed E-state index contributed by atoms with van der Waals surface area (Å²) in [6.45, 7) is 1.79. The molecule has 0 saturated heterocycles. The summed E-state index contributed by atoms with van der Waals surface area (Å²) < 4.78 is 10.9. The highest BCUT2D eigenvalue weighted by Crippen LogP contribution is 2.40. The van der Waals surface area contributed by atoms with Gasteiger partial charge in [-0.05, 0) is 47.0 Å². The van der Waals surface area contributed by atoms with Crippen LogP contribution in [0.5, 0.6) is 0 Å². The summed E-state index contributed by atoms with van der Waals surface area (Å²) in [5, 5.41) is 8.62. The molecule has 0 bridgehead atoms. The Morgan fingerprint density at radius 1 is 1.12 bits per heavy atom. The summed E-state index contributed by atoms with van der Waals surface area (Å²) in [6.07, 6.45) is 2.74. The lowest BCUT2D eigenvalue weighted by Crippen LogP contribution is -2.34. The Hall–Kier alpha value is -2.15. The summed E-state index contributed by atoms with van der Waals surface area (Å²) in [5.74, 6) is 1.40. The van der Waals surface area contributed by atoms with Crippen molar-refractivity contribution in [1.82, 2.24) is 10.1 Å². The summed E-state index contributed by atoms with van der Waals surface area (Å²) in [5.41, 5.74) is 2.38. The van der Waals surface area contributed by atoms with Crippen LogP contribution in [0.1, 0.15) is 27.1 Å². The molecule has 1 aliphatic rings. The minimum Gasteiger partial charge on any atom is -0.461 e. The van der Waals surface area contributed by atoms with Crippen molar-refractivity contribution in [3.63, 3.8) is 0 Å². The molecule has 0 aromatic carbocycles. The molecule has 4 aromatic rings. The molecule has 0 spiro atoms. The second kappa shape index (κ2) is 6.29. The fourth-order valence-corrected chi connectivity index (χ4v) is 5.23. The van der Waals surface area contributed by atoms with Gasteiger partial charge in [0, 0.05) is 28.9 Å². The second-order valence-electron chi connectivity index (χ2n) is 6.10. The zero-order valence-electron chi connectivity index (χ0n) is 13.4. The van der Waals surface area contributed by atoms with E-state index < -0.39 is 0 Å². The molecule has 25 heavy (non-hydrogen) atoms. The van der Waals surface area contributed by atoms with Crippen molar-refractivity contribution in [2.24, 2.45) is 0 Å². The summed E-state index contributed by atoms with van der Waals surface area (Å²) >= 11 is 3.69. The van der Waals surface area contributed by atoms with Crippen LogP contribution in [0.2, 0.25) is 0 Å². The van der Waals surface area contributed by atoms with Gasteiger partial charge < -0.3 is 8.94 Å². The van der Waals surface area contributed by atoms with Crippen molar-refractivity contribution < 1.29 is 8.94 Å². The second-order valence-corrected chi connectivity index (χ2v) is 8.08. The maximum Gasteiger partial charge on any atom is 0.202 e. The molecule has 5 rings (SSSR count). The topological polar surface area (TPSA) is 42.4 Å². The molecule has 0 amide bonds. The van der Waals surface area contributed by atoms with Gasteiger partial charge in [-0.15, -0.1) is 22.7 Å². The average Bonchev–Trinajstić information content (AvgIpc) is 3.39. The Labute approximate surface area is 153 Å². The lowest BCUT2D eigenvalue weighted by Gasteiger charge is -2.34. The first kappa shape index (κ1) is 15.1. The summed E-state index contributed by atoms with van der Waals surface area (Å²) in [4.78, 5) is 5.38. The van der Waals surface area contributed by atoms with E-state index in [1.54, 1.807) is 6.26 Å². The van der Waals surface area contributed by atoms with Gasteiger partial charge in [-0.2, -0.15) is 0 Å². The number of furan rings is 1. The molecule has 0 saturated carbocycles. The van der Waals surface area contributed by atoms with E-state index in [9.17, 15) is 0 Å². The lowest BCUT2D eigenvalue weighted by molar-refractivity contribution is 0.203. The number of rotatable bonds is 4. The highest BCUT2D eigenvalue weighted by Gasteiger charge is 2.31. The number of aromatic nitrogens is 1. The number of hydrogen-bond donors (Lipinski definition) is 0. The highest BCUT2D eigenvalue weighted by atomic mass is 32.1. The third-order valence-electron chi connectivity index (χ3n) is 4.57. The third kappa shape index (κ3) is 2.76. The molecule has 126 valence electrons. The van der Waals surface area contributed by atoms with Crippen LogP contribution in [0.25, 0.3) is 11.5 Å². The smallest absolute Gasteiger partial charge is 0.202 e. The Bertz CT molecular complexity index is 954. The lowest BCUT2D eigenvalue weighted by atomic mass is 9.98. The van der Waals surface area contributed by atoms with Crippen molar-refractivity contribution in [1.29, 1.82) is 0 Å². The quantitative estimate of drug-likeness (QED) is 0.496. The molecule has 4 nitrogen and oxygen atoms in total. The number of fused-ring (bicyclic) bond motifs is 1. The Kier molecular flexibility index (Phi) is 3.81. The van der Waals surface area contributed by atoms with Gasteiger partial charge in [0.1, 0.15) is 0 Å². The first-order valence-corrected chi connectivity index (χ1v) is 9.97. The van der Waals surface area contributed by atoms with Crippen LogP contribution in [0.3, 0.4) is 0 Å². The van der Waals surface area contributed by atoms with Crippen molar-refractivity contribution in [3.8, 4) is 11.5 Å². The van der Waals surface area contributed by atoms with E-state index in [0.717, 1.165) is 25.2 Å². The Morgan fingerprint density at radius 3 is 2.96 bits per heavy atom. The van der Waals surface area contributed by atoms with Gasteiger partial charge in [0.25, 0.3) is 0 Å². The van der Waals surface area contributed by atoms with Crippen molar-refractivity contribution >= 4 is 22.7 Å². The molecule has 0 fully saturated rings. The predicted octanol–water partition coefficient (Wildman–Crippen LogP) is 5.21. The monoisotopic (exact) mass is 368 g/mol. The Morgan fingerprint density at radius 2 is 2.12 bits per heavy atom. The fourth-order valence-electron chi connectivity index (χ4n) is 3.45. The van der Waals surface area contributed by atoms with Crippen LogP contribution in [0.15, 0.2) is 62.4 Å². The van der Waals surface area contributed by atoms with E-state index in [-0.39, 0.29) is 0 Å². The zero-order chi connectivity index (χ0) is 16.6. The van der Waals surface area contributed by atoms with E-state index in [2.05, 4.69) is 39.0 Å². The molecular formula is C19H16N2O2S2. The largest absolute Gasteiger partial charge is 0.461 e. The third-order valence-corrected chi connectivity index (χ3v) is 6.49. The average molecular weight is 368 g/mol. The van der Waals surface area contributed by atoms with E-state index in [1.807, 2.05) is 40.9 Å². The highest BCUT2D eigenvalue weighted by molar-refractivity contribution is 7.10. The van der Waals surface area contributed by atoms with Crippen LogP contribution >= 0.6 is 22.7 Å². The minimum absolute atomic E-state index is 0.304. The van der Waals surface area contributed by atoms with E-state index >= 15 is 0 Å². The fraction of sp³-hybridized carbons (Fsp3) is 0.211. The van der Waals surface area contributed by atoms with Gasteiger partial charge in [0.05, 0.1) is 18.0 Å². The number of nitrogens with zero attached hydrogens (tertiary/aromatic N) is 2. The van der Waals surface area contributed by atoms with Crippen LogP contribution in [0, 0.1) is 0 Å². The van der Waals surface area contributed by atoms with Gasteiger partial charge >= 0.3 is 0 Å². The molecular weight excluding hydrogens is 352 g/mol. The van der Waals surface area contributed by atoms with Gasteiger partial charge in [-0.25, -0.2) is 0 Å². The number of hydrogen-bond acceptors (Lipinski definition) is 6. The minimum atomic E-state index is 0.304. The van der Waals surface area contributed by atoms with Crippen molar-refractivity contribution in [2.75, 3.05) is 6.54 Å². The number of thiophene rings is 2. The molecule has 0 radical (unpaired) electrons. The van der Waals surface area contributed by atoms with Crippen LogP contribution in [-0.4, -0.2) is 16.6 Å². The van der Waals surface area contributed by atoms with Gasteiger partial charge in [-0.1, -0.05) is 11.2 Å². The molecule has 6 heteroatoms. The van der Waals surface area contributed by atoms with E-state index in [4.69, 9.17) is 8.94 Å². The van der Waals surface area contributed by atoms with Gasteiger partial charge in [0.2, 0.25) is 5.76 Å². The van der Waals surface area contributed by atoms with Gasteiger partial charge in [0.15, 0.2) is 5.76 Å². The first-order chi connectivity index (χ1) is 12.4. The Balaban J connectivity index is 1.45. The SMILES string of the molecule is c1coc(-c2cc(CN3CCc4sccc4[C@@H]3c3cccs3)no2)c1. The predicted molar refractivity (Wildman–Crippen MR) is 98.8 cm³/mol. The maximum absolute atomic E-state index is 5.47. The van der Waals surface area contributed by atoms with Crippen LogP contribution < -0.4 is 0 Å². The van der Waals surface area contributed by atoms with Crippen molar-refractivity contribution in [2.45, 2.75) is 19.0 Å². The molecule has 1 atom stereocenters. The van der Waals surface area contributed by atoms with E-state index in [1.165, 1.54) is 15.3 Å².